The highest BCUT2D eigenvalue weighted by Gasteiger charge is 2.28. The number of hydrogen-bond acceptors (Lipinski definition) is 5. The molecule has 1 N–H and O–H groups in total. The van der Waals surface area contributed by atoms with Crippen LogP contribution in [0.25, 0.3) is 0 Å². The first-order valence-corrected chi connectivity index (χ1v) is 12.6. The number of aryl methyl sites for hydroxylation is 2. The number of benzene rings is 3. The molecule has 0 spiro atoms. The first-order chi connectivity index (χ1) is 15.3. The fourth-order valence-electron chi connectivity index (χ4n) is 3.14. The molecule has 0 heterocycles. The predicted molar refractivity (Wildman–Crippen MR) is 131 cm³/mol. The van der Waals surface area contributed by atoms with Gasteiger partial charge in [-0.3, -0.25) is 9.10 Å². The summed E-state index contributed by atoms with van der Waals surface area (Å²) in [7, 11) is -3.95. The van der Waals surface area contributed by atoms with Crippen molar-refractivity contribution in [2.75, 3.05) is 17.1 Å². The number of nitrogens with one attached hydrogen (secondary N) is 1. The van der Waals surface area contributed by atoms with Gasteiger partial charge in [-0.05, 0) is 61.6 Å². The minimum atomic E-state index is -3.95. The zero-order chi connectivity index (χ0) is 23.1. The summed E-state index contributed by atoms with van der Waals surface area (Å²) in [6, 6.07) is 21.2. The highest BCUT2D eigenvalue weighted by Crippen LogP contribution is 2.27. The van der Waals surface area contributed by atoms with Crippen LogP contribution in [0.5, 0.6) is 0 Å². The molecule has 0 saturated heterocycles. The SMILES string of the molecule is CSc1ccc(/C=N\NC(=O)CN(c2ccc(C)cc2C)S(=O)(=O)c2ccccc2)cc1. The van der Waals surface area contributed by atoms with Crippen molar-refractivity contribution in [3.05, 3.63) is 89.5 Å². The molecule has 3 aromatic rings. The van der Waals surface area contributed by atoms with E-state index in [1.165, 1.54) is 18.3 Å². The Morgan fingerprint density at radius 1 is 1.03 bits per heavy atom. The Morgan fingerprint density at radius 2 is 1.72 bits per heavy atom. The van der Waals surface area contributed by atoms with Gasteiger partial charge in [0.25, 0.3) is 15.9 Å². The molecular formula is C24H25N3O3S2. The molecule has 6 nitrogen and oxygen atoms in total. The number of thioether (sulfide) groups is 1. The normalized spacial score (nSPS) is 11.5. The first kappa shape index (κ1) is 23.6. The van der Waals surface area contributed by atoms with Crippen molar-refractivity contribution in [1.29, 1.82) is 0 Å². The predicted octanol–water partition coefficient (Wildman–Crippen LogP) is 4.37. The largest absolute Gasteiger partial charge is 0.271 e. The van der Waals surface area contributed by atoms with Gasteiger partial charge in [-0.1, -0.05) is 48.0 Å². The highest BCUT2D eigenvalue weighted by molar-refractivity contribution is 7.98. The van der Waals surface area contributed by atoms with E-state index in [-0.39, 0.29) is 4.90 Å². The molecule has 166 valence electrons. The number of hydrogen-bond donors (Lipinski definition) is 1. The molecule has 0 aliphatic heterocycles. The number of amides is 1. The first-order valence-electron chi connectivity index (χ1n) is 9.92. The molecule has 32 heavy (non-hydrogen) atoms. The third-order valence-corrected chi connectivity index (χ3v) is 7.28. The minimum Gasteiger partial charge on any atom is -0.271 e. The molecule has 0 aromatic heterocycles. The maximum absolute atomic E-state index is 13.4. The lowest BCUT2D eigenvalue weighted by Gasteiger charge is -2.25. The van der Waals surface area contributed by atoms with Crippen LogP contribution in [0, 0.1) is 13.8 Å². The Kier molecular flexibility index (Phi) is 7.71. The van der Waals surface area contributed by atoms with E-state index in [0.29, 0.717) is 5.69 Å². The summed E-state index contributed by atoms with van der Waals surface area (Å²) >= 11 is 1.64. The van der Waals surface area contributed by atoms with Crippen LogP contribution in [0.15, 0.2) is 87.7 Å². The lowest BCUT2D eigenvalue weighted by atomic mass is 10.1. The number of sulfonamides is 1. The summed E-state index contributed by atoms with van der Waals surface area (Å²) in [5.41, 5.74) is 5.47. The molecule has 0 atom stereocenters. The van der Waals surface area contributed by atoms with Crippen molar-refractivity contribution in [2.45, 2.75) is 23.6 Å². The number of anilines is 1. The zero-order valence-corrected chi connectivity index (χ0v) is 19.8. The van der Waals surface area contributed by atoms with E-state index in [0.717, 1.165) is 25.9 Å². The average molecular weight is 468 g/mol. The number of nitrogens with zero attached hydrogens (tertiary/aromatic N) is 2. The molecule has 3 aromatic carbocycles. The Bertz CT molecular complexity index is 1210. The number of carbonyl (C=O) groups is 1. The van der Waals surface area contributed by atoms with Crippen LogP contribution in [-0.4, -0.2) is 33.3 Å². The number of carbonyl (C=O) groups excluding carboxylic acids is 1. The third kappa shape index (κ3) is 5.77. The second kappa shape index (κ2) is 10.5. The van der Waals surface area contributed by atoms with Crippen LogP contribution in [0.2, 0.25) is 0 Å². The van der Waals surface area contributed by atoms with Crippen LogP contribution in [0.4, 0.5) is 5.69 Å². The molecule has 0 bridgehead atoms. The topological polar surface area (TPSA) is 78.8 Å². The molecule has 0 radical (unpaired) electrons. The molecule has 0 aliphatic rings. The van der Waals surface area contributed by atoms with E-state index in [4.69, 9.17) is 0 Å². The summed E-state index contributed by atoms with van der Waals surface area (Å²) in [6.45, 7) is 3.36. The Balaban J connectivity index is 1.83. The molecule has 1 amide bonds. The number of rotatable bonds is 8. The van der Waals surface area contributed by atoms with Gasteiger partial charge in [0.2, 0.25) is 0 Å². The highest BCUT2D eigenvalue weighted by atomic mass is 32.2. The van der Waals surface area contributed by atoms with Crippen molar-refractivity contribution in [1.82, 2.24) is 5.43 Å². The van der Waals surface area contributed by atoms with Crippen LogP contribution in [-0.2, 0) is 14.8 Å². The van der Waals surface area contributed by atoms with Crippen LogP contribution >= 0.6 is 11.8 Å². The van der Waals surface area contributed by atoms with Gasteiger partial charge in [0.05, 0.1) is 16.8 Å². The number of hydrazone groups is 1. The van der Waals surface area contributed by atoms with Gasteiger partial charge in [0.15, 0.2) is 0 Å². The van der Waals surface area contributed by atoms with Gasteiger partial charge < -0.3 is 0 Å². The van der Waals surface area contributed by atoms with Gasteiger partial charge in [0, 0.05) is 4.90 Å². The van der Waals surface area contributed by atoms with Gasteiger partial charge in [-0.15, -0.1) is 11.8 Å². The van der Waals surface area contributed by atoms with Gasteiger partial charge in [-0.25, -0.2) is 13.8 Å². The van der Waals surface area contributed by atoms with Crippen molar-refractivity contribution < 1.29 is 13.2 Å². The minimum absolute atomic E-state index is 0.116. The van der Waals surface area contributed by atoms with Crippen LogP contribution < -0.4 is 9.73 Å². The van der Waals surface area contributed by atoms with Crippen molar-refractivity contribution in [3.63, 3.8) is 0 Å². The standard InChI is InChI=1S/C24H25N3O3S2/c1-18-9-14-23(19(2)15-18)27(32(29,30)22-7-5-4-6-8-22)17-24(28)26-25-16-20-10-12-21(31-3)13-11-20/h4-16H,17H2,1-3H3,(H,26,28)/b25-16-. The smallest absolute Gasteiger partial charge is 0.264 e. The van der Waals surface area contributed by atoms with Crippen molar-refractivity contribution in [2.24, 2.45) is 5.10 Å². The quantitative estimate of drug-likeness (QED) is 0.303. The third-order valence-electron chi connectivity index (χ3n) is 4.76. The summed E-state index contributed by atoms with van der Waals surface area (Å²) in [5, 5.41) is 3.98. The van der Waals surface area contributed by atoms with Crippen molar-refractivity contribution in [3.8, 4) is 0 Å². The molecule has 0 saturated carbocycles. The van der Waals surface area contributed by atoms with Gasteiger partial charge >= 0.3 is 0 Å². The molecule has 0 unspecified atom stereocenters. The second-order valence-corrected chi connectivity index (χ2v) is 9.92. The maximum atomic E-state index is 13.4. The fourth-order valence-corrected chi connectivity index (χ4v) is 5.05. The molecule has 8 heteroatoms. The monoisotopic (exact) mass is 467 g/mol. The second-order valence-electron chi connectivity index (χ2n) is 7.18. The van der Waals surface area contributed by atoms with E-state index < -0.39 is 22.5 Å². The fraction of sp³-hybridized carbons (Fsp3) is 0.167. The maximum Gasteiger partial charge on any atom is 0.264 e. The summed E-state index contributed by atoms with van der Waals surface area (Å²) in [5.74, 6) is -0.540. The van der Waals surface area contributed by atoms with E-state index in [2.05, 4.69) is 10.5 Å². The van der Waals surface area contributed by atoms with Gasteiger partial charge in [-0.2, -0.15) is 5.10 Å². The lowest BCUT2D eigenvalue weighted by Crippen LogP contribution is -2.40. The molecule has 0 aliphatic carbocycles. The summed E-state index contributed by atoms with van der Waals surface area (Å²) in [4.78, 5) is 13.9. The summed E-state index contributed by atoms with van der Waals surface area (Å²) in [6.07, 6.45) is 3.52. The average Bonchev–Trinajstić information content (AvgIpc) is 2.79. The van der Waals surface area contributed by atoms with E-state index in [1.807, 2.05) is 56.5 Å². The molecular weight excluding hydrogens is 442 g/mol. The Hall–Kier alpha value is -3.10. The Labute approximate surface area is 193 Å². The Morgan fingerprint density at radius 3 is 2.34 bits per heavy atom. The summed E-state index contributed by atoms with van der Waals surface area (Å²) < 4.78 is 27.9. The zero-order valence-electron chi connectivity index (χ0n) is 18.1. The molecule has 0 fully saturated rings. The van der Waals surface area contributed by atoms with E-state index >= 15 is 0 Å². The van der Waals surface area contributed by atoms with Crippen molar-refractivity contribution >= 4 is 39.6 Å². The molecule has 3 rings (SSSR count). The van der Waals surface area contributed by atoms with E-state index in [9.17, 15) is 13.2 Å². The van der Waals surface area contributed by atoms with Gasteiger partial charge in [0.1, 0.15) is 6.54 Å². The lowest BCUT2D eigenvalue weighted by molar-refractivity contribution is -0.119. The van der Waals surface area contributed by atoms with E-state index in [1.54, 1.807) is 36.0 Å². The van der Waals surface area contributed by atoms with Crippen LogP contribution in [0.1, 0.15) is 16.7 Å². The van der Waals surface area contributed by atoms with Crippen LogP contribution in [0.3, 0.4) is 0 Å².